The van der Waals surface area contributed by atoms with E-state index in [2.05, 4.69) is 0 Å². The van der Waals surface area contributed by atoms with Crippen molar-refractivity contribution in [1.29, 1.82) is 0 Å². The van der Waals surface area contributed by atoms with Gasteiger partial charge in [0.25, 0.3) is 0 Å². The van der Waals surface area contributed by atoms with E-state index in [1.165, 1.54) is 0 Å². The number of hydrogen-bond acceptors (Lipinski definition) is 2. The molecule has 0 saturated heterocycles. The lowest BCUT2D eigenvalue weighted by atomic mass is 9.65. The summed E-state index contributed by atoms with van der Waals surface area (Å²) in [4.78, 5) is 24.9. The smallest absolute Gasteiger partial charge is 0.309 e. The Bertz CT molecular complexity index is 322. The molecule has 1 fully saturated rings. The Morgan fingerprint density at radius 2 is 1.75 bits per heavy atom. The molecule has 92 valence electrons. The van der Waals surface area contributed by atoms with E-state index in [-0.39, 0.29) is 11.8 Å². The van der Waals surface area contributed by atoms with Crippen LogP contribution in [0.5, 0.6) is 0 Å². The highest BCUT2D eigenvalue weighted by atomic mass is 16.4. The van der Waals surface area contributed by atoms with Gasteiger partial charge in [0.2, 0.25) is 5.91 Å². The second kappa shape index (κ2) is 3.75. The monoisotopic (exact) mass is 227 g/mol. The summed E-state index contributed by atoms with van der Waals surface area (Å²) in [6, 6.07) is 0. The van der Waals surface area contributed by atoms with Crippen molar-refractivity contribution in [3.63, 3.8) is 0 Å². The highest BCUT2D eigenvalue weighted by Crippen LogP contribution is 2.56. The van der Waals surface area contributed by atoms with Crippen LogP contribution in [0.4, 0.5) is 0 Å². The van der Waals surface area contributed by atoms with Crippen molar-refractivity contribution >= 4 is 11.9 Å². The van der Waals surface area contributed by atoms with Crippen molar-refractivity contribution in [2.24, 2.45) is 16.7 Å². The number of nitrogens with zero attached hydrogens (tertiary/aromatic N) is 1. The zero-order chi connectivity index (χ0) is 12.7. The predicted octanol–water partition coefficient (Wildman–Crippen LogP) is 1.60. The summed E-state index contributed by atoms with van der Waals surface area (Å²) in [5.41, 5.74) is -1.30. The molecule has 0 radical (unpaired) electrons. The molecule has 0 aromatic carbocycles. The summed E-state index contributed by atoms with van der Waals surface area (Å²) in [6.07, 6.45) is 1.23. The molecule has 0 unspecified atom stereocenters. The third-order valence-electron chi connectivity index (χ3n) is 4.44. The fourth-order valence-corrected chi connectivity index (χ4v) is 2.63. The fraction of sp³-hybridized carbons (Fsp3) is 0.833. The lowest BCUT2D eigenvalue weighted by molar-refractivity contribution is -0.156. The van der Waals surface area contributed by atoms with Crippen LogP contribution in [0.25, 0.3) is 0 Å². The number of rotatable bonds is 2. The highest BCUT2D eigenvalue weighted by molar-refractivity contribution is 5.83. The number of hydrogen-bond donors (Lipinski definition) is 1. The standard InChI is InChI=1S/C12H21NO3/c1-11(2)8(9(14)13(4)5)6-7-12(11,3)10(15)16/h8H,6-7H2,1-5H3,(H,15,16)/t8-,12-/m0/s1. The van der Waals surface area contributed by atoms with Gasteiger partial charge in [-0.2, -0.15) is 0 Å². The van der Waals surface area contributed by atoms with E-state index < -0.39 is 16.8 Å². The average molecular weight is 227 g/mol. The van der Waals surface area contributed by atoms with Crippen molar-refractivity contribution < 1.29 is 14.7 Å². The number of amides is 1. The molecule has 0 aromatic rings. The molecule has 1 aliphatic rings. The van der Waals surface area contributed by atoms with E-state index in [0.717, 1.165) is 0 Å². The van der Waals surface area contributed by atoms with Crippen LogP contribution in [-0.2, 0) is 9.59 Å². The molecule has 4 heteroatoms. The second-order valence-electron chi connectivity index (χ2n) is 5.68. The zero-order valence-electron chi connectivity index (χ0n) is 10.7. The number of carbonyl (C=O) groups is 2. The van der Waals surface area contributed by atoms with Gasteiger partial charge in [-0.1, -0.05) is 13.8 Å². The summed E-state index contributed by atoms with van der Waals surface area (Å²) in [5.74, 6) is -0.954. The van der Waals surface area contributed by atoms with Crippen LogP contribution in [0, 0.1) is 16.7 Å². The van der Waals surface area contributed by atoms with Gasteiger partial charge in [0.15, 0.2) is 0 Å². The van der Waals surface area contributed by atoms with Gasteiger partial charge in [-0.15, -0.1) is 0 Å². The maximum absolute atomic E-state index is 12.0. The van der Waals surface area contributed by atoms with Crippen molar-refractivity contribution in [2.45, 2.75) is 33.6 Å². The molecule has 1 N–H and O–H groups in total. The minimum atomic E-state index is -0.802. The maximum atomic E-state index is 12.0. The molecular weight excluding hydrogens is 206 g/mol. The van der Waals surface area contributed by atoms with Gasteiger partial charge in [-0.3, -0.25) is 9.59 Å². The van der Waals surface area contributed by atoms with Crippen LogP contribution < -0.4 is 0 Å². The normalized spacial score (nSPS) is 32.4. The molecule has 1 rings (SSSR count). The van der Waals surface area contributed by atoms with E-state index >= 15 is 0 Å². The summed E-state index contributed by atoms with van der Waals surface area (Å²) >= 11 is 0. The fourth-order valence-electron chi connectivity index (χ4n) is 2.63. The van der Waals surface area contributed by atoms with Crippen LogP contribution in [0.15, 0.2) is 0 Å². The first-order valence-corrected chi connectivity index (χ1v) is 5.59. The lowest BCUT2D eigenvalue weighted by Crippen LogP contribution is -2.45. The average Bonchev–Trinajstić information content (AvgIpc) is 2.38. The number of carboxylic acids is 1. The first-order chi connectivity index (χ1) is 7.14. The molecule has 0 heterocycles. The van der Waals surface area contributed by atoms with Gasteiger partial charge in [0, 0.05) is 20.0 Å². The summed E-state index contributed by atoms with van der Waals surface area (Å²) < 4.78 is 0. The molecule has 0 aliphatic heterocycles. The van der Waals surface area contributed by atoms with E-state index in [0.29, 0.717) is 12.8 Å². The largest absolute Gasteiger partial charge is 0.481 e. The molecule has 16 heavy (non-hydrogen) atoms. The molecular formula is C12H21NO3. The third kappa shape index (κ3) is 1.60. The van der Waals surface area contributed by atoms with Crippen molar-refractivity contribution in [2.75, 3.05) is 14.1 Å². The van der Waals surface area contributed by atoms with Crippen LogP contribution in [0.2, 0.25) is 0 Å². The van der Waals surface area contributed by atoms with Gasteiger partial charge in [-0.05, 0) is 25.2 Å². The van der Waals surface area contributed by atoms with Crippen LogP contribution in [0.3, 0.4) is 0 Å². The summed E-state index contributed by atoms with van der Waals surface area (Å²) in [5, 5.41) is 9.32. The Hall–Kier alpha value is -1.06. The molecule has 2 atom stereocenters. The number of aliphatic carboxylic acids is 1. The SMILES string of the molecule is CN(C)C(=O)[C@@H]1CC[C@@](C)(C(=O)O)C1(C)C. The number of carbonyl (C=O) groups excluding carboxylic acids is 1. The minimum Gasteiger partial charge on any atom is -0.481 e. The molecule has 0 spiro atoms. The molecule has 1 saturated carbocycles. The Balaban J connectivity index is 3.05. The Morgan fingerprint density at radius 3 is 2.06 bits per heavy atom. The zero-order valence-corrected chi connectivity index (χ0v) is 10.7. The Kier molecular flexibility index (Phi) is 3.05. The first-order valence-electron chi connectivity index (χ1n) is 5.59. The molecule has 1 aliphatic carbocycles. The Labute approximate surface area is 96.6 Å². The molecule has 0 aromatic heterocycles. The van der Waals surface area contributed by atoms with E-state index in [1.807, 2.05) is 13.8 Å². The maximum Gasteiger partial charge on any atom is 0.309 e. The Morgan fingerprint density at radius 1 is 1.25 bits per heavy atom. The highest BCUT2D eigenvalue weighted by Gasteiger charge is 2.58. The topological polar surface area (TPSA) is 57.6 Å². The second-order valence-corrected chi connectivity index (χ2v) is 5.68. The van der Waals surface area contributed by atoms with Crippen LogP contribution in [-0.4, -0.2) is 36.0 Å². The molecule has 0 bridgehead atoms. The van der Waals surface area contributed by atoms with E-state index in [1.54, 1.807) is 25.9 Å². The number of carboxylic acid groups (broad SMARTS) is 1. The van der Waals surface area contributed by atoms with E-state index in [4.69, 9.17) is 0 Å². The van der Waals surface area contributed by atoms with Gasteiger partial charge >= 0.3 is 5.97 Å². The van der Waals surface area contributed by atoms with Gasteiger partial charge in [-0.25, -0.2) is 0 Å². The molecule has 1 amide bonds. The van der Waals surface area contributed by atoms with Crippen molar-refractivity contribution in [3.05, 3.63) is 0 Å². The third-order valence-corrected chi connectivity index (χ3v) is 4.44. The van der Waals surface area contributed by atoms with Crippen LogP contribution >= 0.6 is 0 Å². The molecule has 4 nitrogen and oxygen atoms in total. The van der Waals surface area contributed by atoms with E-state index in [9.17, 15) is 14.7 Å². The summed E-state index contributed by atoms with van der Waals surface area (Å²) in [6.45, 7) is 5.53. The van der Waals surface area contributed by atoms with Crippen molar-refractivity contribution in [1.82, 2.24) is 4.90 Å². The summed E-state index contributed by atoms with van der Waals surface area (Å²) in [7, 11) is 3.43. The first kappa shape index (κ1) is 13.0. The lowest BCUT2D eigenvalue weighted by Gasteiger charge is -2.38. The van der Waals surface area contributed by atoms with Crippen molar-refractivity contribution in [3.8, 4) is 0 Å². The predicted molar refractivity (Wildman–Crippen MR) is 60.9 cm³/mol. The van der Waals surface area contributed by atoms with Gasteiger partial charge in [0.1, 0.15) is 0 Å². The van der Waals surface area contributed by atoms with Gasteiger partial charge in [0.05, 0.1) is 5.41 Å². The van der Waals surface area contributed by atoms with Gasteiger partial charge < -0.3 is 10.0 Å². The van der Waals surface area contributed by atoms with Crippen LogP contribution in [0.1, 0.15) is 33.6 Å². The quantitative estimate of drug-likeness (QED) is 0.779. The minimum absolute atomic E-state index is 0.0370.